The van der Waals surface area contributed by atoms with Gasteiger partial charge in [0.15, 0.2) is 0 Å². The molecule has 1 amide bonds. The maximum atomic E-state index is 12.5. The summed E-state index contributed by atoms with van der Waals surface area (Å²) >= 11 is 5.89. The number of rotatable bonds is 7. The summed E-state index contributed by atoms with van der Waals surface area (Å²) in [6.07, 6.45) is 4.90. The van der Waals surface area contributed by atoms with Gasteiger partial charge >= 0.3 is 5.97 Å². The number of carbonyl (C=O) groups excluding carboxylic acids is 1. The van der Waals surface area contributed by atoms with Gasteiger partial charge in [-0.05, 0) is 67.3 Å². The van der Waals surface area contributed by atoms with E-state index in [1.54, 1.807) is 12.1 Å². The van der Waals surface area contributed by atoms with E-state index in [1.165, 1.54) is 5.56 Å². The van der Waals surface area contributed by atoms with Crippen LogP contribution in [0.3, 0.4) is 0 Å². The molecular formula is C23H26ClNO3. The van der Waals surface area contributed by atoms with Gasteiger partial charge < -0.3 is 10.0 Å². The van der Waals surface area contributed by atoms with Crippen LogP contribution in [0.1, 0.15) is 47.2 Å². The fraction of sp³-hybridized carbons (Fsp3) is 0.391. The molecule has 1 aliphatic rings. The van der Waals surface area contributed by atoms with E-state index in [2.05, 4.69) is 0 Å². The Morgan fingerprint density at radius 2 is 1.71 bits per heavy atom. The first-order valence-electron chi connectivity index (χ1n) is 9.86. The minimum Gasteiger partial charge on any atom is -0.478 e. The molecule has 1 saturated heterocycles. The molecule has 28 heavy (non-hydrogen) atoms. The predicted molar refractivity (Wildman–Crippen MR) is 111 cm³/mol. The van der Waals surface area contributed by atoms with Gasteiger partial charge in [0.1, 0.15) is 0 Å². The Bertz CT molecular complexity index is 811. The second-order valence-electron chi connectivity index (χ2n) is 7.47. The van der Waals surface area contributed by atoms with E-state index in [-0.39, 0.29) is 5.91 Å². The number of aryl methyl sites for hydroxylation is 1. The van der Waals surface area contributed by atoms with Crippen molar-refractivity contribution < 1.29 is 14.7 Å². The van der Waals surface area contributed by atoms with Gasteiger partial charge in [0.05, 0.1) is 5.56 Å². The molecule has 2 aromatic rings. The van der Waals surface area contributed by atoms with E-state index < -0.39 is 5.97 Å². The van der Waals surface area contributed by atoms with Gasteiger partial charge in [0, 0.05) is 24.5 Å². The number of likely N-dealkylation sites (tertiary alicyclic amines) is 1. The number of benzene rings is 2. The van der Waals surface area contributed by atoms with E-state index in [0.717, 1.165) is 55.8 Å². The molecule has 0 saturated carbocycles. The molecule has 0 aliphatic carbocycles. The third kappa shape index (κ3) is 5.59. The number of carbonyl (C=O) groups is 2. The monoisotopic (exact) mass is 399 g/mol. The number of carboxylic acids is 1. The van der Waals surface area contributed by atoms with Gasteiger partial charge in [-0.15, -0.1) is 0 Å². The lowest BCUT2D eigenvalue weighted by molar-refractivity contribution is -0.132. The van der Waals surface area contributed by atoms with Gasteiger partial charge in [0.2, 0.25) is 5.91 Å². The van der Waals surface area contributed by atoms with E-state index in [1.807, 2.05) is 41.3 Å². The molecule has 2 aromatic carbocycles. The first kappa shape index (κ1) is 20.4. The molecule has 148 valence electrons. The number of carboxylic acid groups (broad SMARTS) is 1. The molecule has 1 N–H and O–H groups in total. The Kier molecular flexibility index (Phi) is 7.10. The van der Waals surface area contributed by atoms with Crippen LogP contribution in [0.2, 0.25) is 5.02 Å². The van der Waals surface area contributed by atoms with Crippen LogP contribution in [0.5, 0.6) is 0 Å². The fourth-order valence-electron chi connectivity index (χ4n) is 3.86. The van der Waals surface area contributed by atoms with Gasteiger partial charge in [-0.3, -0.25) is 4.79 Å². The first-order chi connectivity index (χ1) is 13.5. The van der Waals surface area contributed by atoms with Crippen molar-refractivity contribution in [3.05, 3.63) is 70.2 Å². The molecular weight excluding hydrogens is 374 g/mol. The highest BCUT2D eigenvalue weighted by molar-refractivity contribution is 6.30. The normalized spacial score (nSPS) is 14.8. The number of nitrogens with zero attached hydrogens (tertiary/aromatic N) is 1. The summed E-state index contributed by atoms with van der Waals surface area (Å²) in [6, 6.07) is 15.0. The van der Waals surface area contributed by atoms with Crippen LogP contribution < -0.4 is 0 Å². The van der Waals surface area contributed by atoms with Crippen LogP contribution >= 0.6 is 11.6 Å². The summed E-state index contributed by atoms with van der Waals surface area (Å²) < 4.78 is 0. The molecule has 4 nitrogen and oxygen atoms in total. The highest BCUT2D eigenvalue weighted by atomic mass is 35.5. The van der Waals surface area contributed by atoms with Crippen LogP contribution in [-0.2, 0) is 17.6 Å². The lowest BCUT2D eigenvalue weighted by Crippen LogP contribution is -2.38. The molecule has 0 unspecified atom stereocenters. The Morgan fingerprint density at radius 3 is 2.39 bits per heavy atom. The number of piperidine rings is 1. The third-order valence-corrected chi connectivity index (χ3v) is 5.74. The average Bonchev–Trinajstić information content (AvgIpc) is 2.70. The standard InChI is InChI=1S/C23H26ClNO3/c24-20-10-8-17(9-11-20)4-3-7-22(26)25-14-12-18(13-15-25)16-19-5-1-2-6-21(19)23(27)28/h1-2,5-6,8-11,18H,3-4,7,12-16H2,(H,27,28). The fourth-order valence-corrected chi connectivity index (χ4v) is 3.98. The van der Waals surface area contributed by atoms with E-state index in [9.17, 15) is 14.7 Å². The maximum Gasteiger partial charge on any atom is 0.335 e. The van der Waals surface area contributed by atoms with Crippen molar-refractivity contribution in [1.29, 1.82) is 0 Å². The zero-order valence-corrected chi connectivity index (χ0v) is 16.7. The van der Waals surface area contributed by atoms with Crippen molar-refractivity contribution in [2.75, 3.05) is 13.1 Å². The van der Waals surface area contributed by atoms with Gasteiger partial charge in [-0.25, -0.2) is 4.79 Å². The minimum absolute atomic E-state index is 0.221. The molecule has 1 fully saturated rings. The number of hydrogen-bond acceptors (Lipinski definition) is 2. The summed E-state index contributed by atoms with van der Waals surface area (Å²) in [5.41, 5.74) is 2.49. The SMILES string of the molecule is O=C(O)c1ccccc1CC1CCN(C(=O)CCCc2ccc(Cl)cc2)CC1. The number of amides is 1. The molecule has 3 rings (SSSR count). The predicted octanol–water partition coefficient (Wildman–Crippen LogP) is 4.84. The molecule has 5 heteroatoms. The lowest BCUT2D eigenvalue weighted by atomic mass is 9.88. The third-order valence-electron chi connectivity index (χ3n) is 5.49. The van der Waals surface area contributed by atoms with Crippen LogP contribution in [-0.4, -0.2) is 35.0 Å². The largest absolute Gasteiger partial charge is 0.478 e. The van der Waals surface area contributed by atoms with Crippen molar-refractivity contribution in [3.8, 4) is 0 Å². The van der Waals surface area contributed by atoms with Crippen molar-refractivity contribution in [2.24, 2.45) is 5.92 Å². The van der Waals surface area contributed by atoms with Crippen molar-refractivity contribution in [1.82, 2.24) is 4.90 Å². The molecule has 0 atom stereocenters. The Balaban J connectivity index is 1.43. The van der Waals surface area contributed by atoms with Crippen LogP contribution in [0.4, 0.5) is 0 Å². The van der Waals surface area contributed by atoms with Crippen LogP contribution in [0.15, 0.2) is 48.5 Å². The summed E-state index contributed by atoms with van der Waals surface area (Å²) in [5.74, 6) is -0.221. The van der Waals surface area contributed by atoms with Crippen molar-refractivity contribution >= 4 is 23.5 Å². The van der Waals surface area contributed by atoms with Gasteiger partial charge in [-0.1, -0.05) is 41.9 Å². The number of hydrogen-bond donors (Lipinski definition) is 1. The Hall–Kier alpha value is -2.33. The first-order valence-corrected chi connectivity index (χ1v) is 10.2. The van der Waals surface area contributed by atoms with E-state index in [0.29, 0.717) is 17.9 Å². The highest BCUT2D eigenvalue weighted by Gasteiger charge is 2.23. The molecule has 1 heterocycles. The molecule has 0 spiro atoms. The van der Waals surface area contributed by atoms with E-state index >= 15 is 0 Å². The highest BCUT2D eigenvalue weighted by Crippen LogP contribution is 2.24. The van der Waals surface area contributed by atoms with Gasteiger partial charge in [0.25, 0.3) is 0 Å². The van der Waals surface area contributed by atoms with Crippen LogP contribution in [0, 0.1) is 5.92 Å². The molecule has 0 radical (unpaired) electrons. The maximum absolute atomic E-state index is 12.5. The van der Waals surface area contributed by atoms with Crippen molar-refractivity contribution in [2.45, 2.75) is 38.5 Å². The minimum atomic E-state index is -0.871. The average molecular weight is 400 g/mol. The smallest absolute Gasteiger partial charge is 0.335 e. The lowest BCUT2D eigenvalue weighted by Gasteiger charge is -2.32. The number of aromatic carboxylic acids is 1. The number of halogens is 1. The summed E-state index contributed by atoms with van der Waals surface area (Å²) in [7, 11) is 0. The topological polar surface area (TPSA) is 57.6 Å². The zero-order chi connectivity index (χ0) is 19.9. The summed E-state index contributed by atoms with van der Waals surface area (Å²) in [5, 5.41) is 10.1. The Labute approximate surface area is 171 Å². The van der Waals surface area contributed by atoms with E-state index in [4.69, 9.17) is 11.6 Å². The second-order valence-corrected chi connectivity index (χ2v) is 7.91. The van der Waals surface area contributed by atoms with Gasteiger partial charge in [-0.2, -0.15) is 0 Å². The molecule has 1 aliphatic heterocycles. The Morgan fingerprint density at radius 1 is 1.04 bits per heavy atom. The summed E-state index contributed by atoms with van der Waals surface area (Å²) in [6.45, 7) is 1.53. The van der Waals surface area contributed by atoms with Crippen molar-refractivity contribution in [3.63, 3.8) is 0 Å². The van der Waals surface area contributed by atoms with Crippen LogP contribution in [0.25, 0.3) is 0 Å². The summed E-state index contributed by atoms with van der Waals surface area (Å²) in [4.78, 5) is 25.8. The molecule has 0 aromatic heterocycles. The second kappa shape index (κ2) is 9.74. The molecule has 0 bridgehead atoms. The quantitative estimate of drug-likeness (QED) is 0.724. The zero-order valence-electron chi connectivity index (χ0n) is 15.9.